The van der Waals surface area contributed by atoms with Crippen LogP contribution in [0.3, 0.4) is 0 Å². The molecule has 5 nitrogen and oxygen atoms in total. The summed E-state index contributed by atoms with van der Waals surface area (Å²) in [7, 11) is 3.65. The quantitative estimate of drug-likeness (QED) is 0.805. The van der Waals surface area contributed by atoms with Gasteiger partial charge in [0.2, 0.25) is 0 Å². The van der Waals surface area contributed by atoms with Crippen LogP contribution in [0, 0.1) is 0 Å². The first-order valence-electron chi connectivity index (χ1n) is 6.71. The van der Waals surface area contributed by atoms with Crippen LogP contribution >= 0.6 is 36.2 Å². The molecule has 0 spiro atoms. The number of carbonyl (C=O) groups excluding carboxylic acids is 1. The Labute approximate surface area is 152 Å². The number of hydrogen-bond donors (Lipinski definition) is 1. The summed E-state index contributed by atoms with van der Waals surface area (Å²) in [6.07, 6.45) is 0. The van der Waals surface area contributed by atoms with Gasteiger partial charge in [-0.3, -0.25) is 4.79 Å². The third-order valence-electron chi connectivity index (χ3n) is 3.02. The number of likely N-dealkylation sites (N-methyl/N-ethyl adjacent to an activating group) is 2. The van der Waals surface area contributed by atoms with E-state index in [0.29, 0.717) is 24.5 Å². The molecular formula is C15H21Cl2N3O2S. The van der Waals surface area contributed by atoms with Crippen molar-refractivity contribution in [3.8, 4) is 5.75 Å². The normalized spacial score (nSPS) is 9.48. The molecule has 2 rings (SSSR count). The Hall–Kier alpha value is -1.34. The van der Waals surface area contributed by atoms with Crippen LogP contribution in [0.4, 0.5) is 0 Å². The highest BCUT2D eigenvalue weighted by molar-refractivity contribution is 7.07. The van der Waals surface area contributed by atoms with Gasteiger partial charge in [-0.25, -0.2) is 4.98 Å². The SMILES string of the molecule is CNCCN(C)C(=O)c1ccccc1OCc1cscn1.Cl.Cl. The Bertz CT molecular complexity index is 582. The van der Waals surface area contributed by atoms with Crippen molar-refractivity contribution in [2.24, 2.45) is 0 Å². The molecule has 0 unspecified atom stereocenters. The zero-order chi connectivity index (χ0) is 15.1. The number of carbonyl (C=O) groups is 1. The second-order valence-corrected chi connectivity index (χ2v) is 5.31. The standard InChI is InChI=1S/C15H19N3O2S.2ClH/c1-16-7-8-18(2)15(19)13-5-3-4-6-14(13)20-9-12-10-21-11-17-12;;/h3-6,10-11,16H,7-9H2,1-2H3;2*1H. The van der Waals surface area contributed by atoms with Gasteiger partial charge in [0.15, 0.2) is 0 Å². The number of nitrogens with zero attached hydrogens (tertiary/aromatic N) is 2. The molecule has 0 aliphatic rings. The lowest BCUT2D eigenvalue weighted by atomic mass is 10.1. The summed E-state index contributed by atoms with van der Waals surface area (Å²) in [4.78, 5) is 18.3. The lowest BCUT2D eigenvalue weighted by Gasteiger charge is -2.18. The topological polar surface area (TPSA) is 54.5 Å². The van der Waals surface area contributed by atoms with Crippen LogP contribution in [-0.2, 0) is 6.61 Å². The van der Waals surface area contributed by atoms with Crippen LogP contribution in [0.5, 0.6) is 5.75 Å². The Balaban J connectivity index is 0.00000242. The molecule has 1 aromatic heterocycles. The molecule has 23 heavy (non-hydrogen) atoms. The second kappa shape index (κ2) is 11.2. The van der Waals surface area contributed by atoms with Gasteiger partial charge >= 0.3 is 0 Å². The van der Waals surface area contributed by atoms with Gasteiger partial charge in [0, 0.05) is 25.5 Å². The lowest BCUT2D eigenvalue weighted by Crippen LogP contribution is -2.33. The van der Waals surface area contributed by atoms with Crippen molar-refractivity contribution in [3.63, 3.8) is 0 Å². The molecule has 0 aliphatic carbocycles. The summed E-state index contributed by atoms with van der Waals surface area (Å²) < 4.78 is 5.74. The van der Waals surface area contributed by atoms with Crippen molar-refractivity contribution in [3.05, 3.63) is 46.4 Å². The molecule has 0 saturated heterocycles. The zero-order valence-electron chi connectivity index (χ0n) is 13.0. The maximum absolute atomic E-state index is 12.4. The number of thiazole rings is 1. The van der Waals surface area contributed by atoms with Crippen LogP contribution in [0.1, 0.15) is 16.1 Å². The number of aromatic nitrogens is 1. The molecule has 1 amide bonds. The fourth-order valence-corrected chi connectivity index (χ4v) is 2.36. The number of rotatable bonds is 7. The Morgan fingerprint density at radius 2 is 2.09 bits per heavy atom. The average molecular weight is 378 g/mol. The highest BCUT2D eigenvalue weighted by Crippen LogP contribution is 2.20. The van der Waals surface area contributed by atoms with Gasteiger partial charge in [0.05, 0.1) is 16.8 Å². The molecular weight excluding hydrogens is 357 g/mol. The molecule has 0 fully saturated rings. The maximum Gasteiger partial charge on any atom is 0.257 e. The fraction of sp³-hybridized carbons (Fsp3) is 0.333. The summed E-state index contributed by atoms with van der Waals surface area (Å²) in [6.45, 7) is 1.77. The highest BCUT2D eigenvalue weighted by Gasteiger charge is 2.16. The van der Waals surface area contributed by atoms with Crippen molar-refractivity contribution < 1.29 is 9.53 Å². The Kier molecular flexibility index (Phi) is 10.6. The first-order chi connectivity index (χ1) is 10.2. The molecule has 0 radical (unpaired) electrons. The summed E-state index contributed by atoms with van der Waals surface area (Å²) in [5.41, 5.74) is 3.21. The lowest BCUT2D eigenvalue weighted by molar-refractivity contribution is 0.0792. The van der Waals surface area contributed by atoms with Crippen LogP contribution in [-0.4, -0.2) is 43.0 Å². The molecule has 0 aliphatic heterocycles. The fourth-order valence-electron chi connectivity index (χ4n) is 1.82. The molecule has 0 bridgehead atoms. The number of hydrogen-bond acceptors (Lipinski definition) is 5. The van der Waals surface area contributed by atoms with Crippen LogP contribution in [0.15, 0.2) is 35.2 Å². The first-order valence-corrected chi connectivity index (χ1v) is 7.65. The van der Waals surface area contributed by atoms with E-state index in [2.05, 4.69) is 10.3 Å². The zero-order valence-corrected chi connectivity index (χ0v) is 15.5. The number of nitrogens with one attached hydrogen (secondary N) is 1. The highest BCUT2D eigenvalue weighted by atomic mass is 35.5. The van der Waals surface area contributed by atoms with Gasteiger partial charge in [0.25, 0.3) is 5.91 Å². The number of para-hydroxylation sites is 1. The van der Waals surface area contributed by atoms with Crippen molar-refractivity contribution in [2.75, 3.05) is 27.2 Å². The van der Waals surface area contributed by atoms with Gasteiger partial charge in [-0.2, -0.15) is 0 Å². The van der Waals surface area contributed by atoms with Crippen LogP contribution < -0.4 is 10.1 Å². The van der Waals surface area contributed by atoms with E-state index in [0.717, 1.165) is 12.2 Å². The summed E-state index contributed by atoms with van der Waals surface area (Å²) in [5, 5.41) is 4.97. The predicted octanol–water partition coefficient (Wildman–Crippen LogP) is 2.86. The van der Waals surface area contributed by atoms with E-state index < -0.39 is 0 Å². The van der Waals surface area contributed by atoms with E-state index in [-0.39, 0.29) is 30.7 Å². The smallest absolute Gasteiger partial charge is 0.257 e. The van der Waals surface area contributed by atoms with Crippen molar-refractivity contribution in [2.45, 2.75) is 6.61 Å². The van der Waals surface area contributed by atoms with Gasteiger partial charge in [0.1, 0.15) is 12.4 Å². The van der Waals surface area contributed by atoms with E-state index in [4.69, 9.17) is 4.74 Å². The summed E-state index contributed by atoms with van der Waals surface area (Å²) in [6, 6.07) is 7.30. The number of benzene rings is 1. The van der Waals surface area contributed by atoms with Crippen molar-refractivity contribution in [1.29, 1.82) is 0 Å². The van der Waals surface area contributed by atoms with E-state index in [9.17, 15) is 4.79 Å². The second-order valence-electron chi connectivity index (χ2n) is 4.59. The Morgan fingerprint density at radius 1 is 1.35 bits per heavy atom. The monoisotopic (exact) mass is 377 g/mol. The van der Waals surface area contributed by atoms with Crippen molar-refractivity contribution in [1.82, 2.24) is 15.2 Å². The number of ether oxygens (including phenoxy) is 1. The van der Waals surface area contributed by atoms with Gasteiger partial charge in [-0.05, 0) is 19.2 Å². The largest absolute Gasteiger partial charge is 0.486 e. The Morgan fingerprint density at radius 3 is 2.74 bits per heavy atom. The molecule has 0 atom stereocenters. The van der Waals surface area contributed by atoms with Gasteiger partial charge in [-0.1, -0.05) is 12.1 Å². The van der Waals surface area contributed by atoms with Crippen molar-refractivity contribution >= 4 is 42.1 Å². The maximum atomic E-state index is 12.4. The predicted molar refractivity (Wildman–Crippen MR) is 98.3 cm³/mol. The minimum absolute atomic E-state index is 0. The van der Waals surface area contributed by atoms with Crippen LogP contribution in [0.2, 0.25) is 0 Å². The molecule has 8 heteroatoms. The van der Waals surface area contributed by atoms with Gasteiger partial charge in [-0.15, -0.1) is 36.2 Å². The number of amides is 1. The molecule has 1 N–H and O–H groups in total. The molecule has 128 valence electrons. The van der Waals surface area contributed by atoms with E-state index >= 15 is 0 Å². The third kappa shape index (κ3) is 6.35. The van der Waals surface area contributed by atoms with Crippen LogP contribution in [0.25, 0.3) is 0 Å². The number of halogens is 2. The molecule has 0 saturated carbocycles. The average Bonchev–Trinajstić information content (AvgIpc) is 3.03. The molecule has 2 aromatic rings. The molecule has 1 heterocycles. The van der Waals surface area contributed by atoms with Gasteiger partial charge < -0.3 is 15.0 Å². The third-order valence-corrected chi connectivity index (χ3v) is 3.66. The minimum Gasteiger partial charge on any atom is -0.486 e. The molecule has 1 aromatic carbocycles. The van der Waals surface area contributed by atoms with E-state index in [1.165, 1.54) is 11.3 Å². The minimum atomic E-state index is -0.0425. The summed E-state index contributed by atoms with van der Waals surface area (Å²) >= 11 is 1.53. The van der Waals surface area contributed by atoms with E-state index in [1.54, 1.807) is 23.5 Å². The first kappa shape index (κ1) is 21.7. The van der Waals surface area contributed by atoms with E-state index in [1.807, 2.05) is 30.6 Å². The summed E-state index contributed by atoms with van der Waals surface area (Å²) in [5.74, 6) is 0.547.